The highest BCUT2D eigenvalue weighted by Gasteiger charge is 2.26. The van der Waals surface area contributed by atoms with E-state index in [0.717, 1.165) is 4.68 Å². The largest absolute Gasteiger partial charge is 0.507 e. The Morgan fingerprint density at radius 1 is 1.13 bits per heavy atom. The van der Waals surface area contributed by atoms with Crippen LogP contribution in [0.4, 0.5) is 5.82 Å². The molecule has 4 aromatic rings. The van der Waals surface area contributed by atoms with Crippen molar-refractivity contribution < 1.29 is 14.5 Å². The Kier molecular flexibility index (Phi) is 4.91. The molecule has 0 aliphatic heterocycles. The Labute approximate surface area is 169 Å². The molecular formula is C19H16N8O3. The summed E-state index contributed by atoms with van der Waals surface area (Å²) in [6.45, 7) is 1.66. The van der Waals surface area contributed by atoms with Gasteiger partial charge >= 0.3 is 0 Å². The Balaban J connectivity index is 1.74. The van der Waals surface area contributed by atoms with E-state index in [1.165, 1.54) is 6.07 Å². The van der Waals surface area contributed by atoms with Crippen LogP contribution in [0.25, 0.3) is 17.1 Å². The van der Waals surface area contributed by atoms with E-state index in [2.05, 4.69) is 35.8 Å². The second kappa shape index (κ2) is 7.83. The Morgan fingerprint density at radius 3 is 2.57 bits per heavy atom. The molecule has 0 bridgehead atoms. The number of carbonyl (C=O) groups is 1. The first kappa shape index (κ1) is 18.8. The number of nitrogens with one attached hydrogen (secondary N) is 1. The summed E-state index contributed by atoms with van der Waals surface area (Å²) in [5.41, 5.74) is 10.1. The number of amides is 1. The normalized spacial score (nSPS) is 11.4. The molecule has 4 N–H and O–H groups in total. The van der Waals surface area contributed by atoms with Crippen LogP contribution in [0.3, 0.4) is 0 Å². The van der Waals surface area contributed by atoms with E-state index in [4.69, 9.17) is 5.73 Å². The molecule has 2 aromatic carbocycles. The summed E-state index contributed by atoms with van der Waals surface area (Å²) in [6.07, 6.45) is 0. The van der Waals surface area contributed by atoms with Gasteiger partial charge in [-0.05, 0) is 29.4 Å². The number of nitrogens with zero attached hydrogens (tertiary/aromatic N) is 6. The van der Waals surface area contributed by atoms with Gasteiger partial charge in [-0.2, -0.15) is 9.78 Å². The number of nitrogens with two attached hydrogens (primary N) is 1. The van der Waals surface area contributed by atoms with Crippen LogP contribution in [-0.2, 0) is 0 Å². The van der Waals surface area contributed by atoms with Crippen molar-refractivity contribution in [1.82, 2.24) is 30.7 Å². The van der Waals surface area contributed by atoms with E-state index in [-0.39, 0.29) is 23.1 Å². The molecule has 0 saturated carbocycles. The first-order valence-corrected chi connectivity index (χ1v) is 8.78. The standard InChI is InChI=1S/C19H16N8O3/c1-11(13-9-5-6-10-14(13)28)21-23-19(29)16-15(12-7-3-2-4-8-12)22-26-27(16)18-17(20)24-30-25-18/h2-10,28H,1H3,(H2,20,24)(H,23,29)/b21-11-. The van der Waals surface area contributed by atoms with Gasteiger partial charge in [0, 0.05) is 11.1 Å². The molecule has 0 atom stereocenters. The Morgan fingerprint density at radius 2 is 1.87 bits per heavy atom. The van der Waals surface area contributed by atoms with Crippen molar-refractivity contribution in [3.63, 3.8) is 0 Å². The van der Waals surface area contributed by atoms with Gasteiger partial charge in [-0.1, -0.05) is 47.7 Å². The van der Waals surface area contributed by atoms with Crippen LogP contribution in [0.2, 0.25) is 0 Å². The molecule has 11 heteroatoms. The van der Waals surface area contributed by atoms with Gasteiger partial charge in [-0.15, -0.1) is 5.10 Å². The van der Waals surface area contributed by atoms with Gasteiger partial charge in [0.25, 0.3) is 5.91 Å². The fourth-order valence-corrected chi connectivity index (χ4v) is 2.79. The fraction of sp³-hybridized carbons (Fsp3) is 0.0526. The Bertz CT molecular complexity index is 1230. The lowest BCUT2D eigenvalue weighted by Crippen LogP contribution is -2.23. The van der Waals surface area contributed by atoms with Crippen LogP contribution in [0.1, 0.15) is 23.0 Å². The van der Waals surface area contributed by atoms with Crippen molar-refractivity contribution in [3.8, 4) is 22.8 Å². The molecule has 0 saturated heterocycles. The summed E-state index contributed by atoms with van der Waals surface area (Å²) in [6, 6.07) is 15.7. The second-order valence-electron chi connectivity index (χ2n) is 6.19. The van der Waals surface area contributed by atoms with E-state index in [9.17, 15) is 9.90 Å². The number of nitrogen functional groups attached to an aromatic ring is 1. The van der Waals surface area contributed by atoms with Crippen LogP contribution in [-0.4, -0.2) is 42.0 Å². The van der Waals surface area contributed by atoms with Gasteiger partial charge in [0.1, 0.15) is 11.4 Å². The molecule has 2 aromatic heterocycles. The van der Waals surface area contributed by atoms with Gasteiger partial charge in [0.2, 0.25) is 11.6 Å². The number of hydrogen-bond donors (Lipinski definition) is 3. The monoisotopic (exact) mass is 404 g/mol. The molecular weight excluding hydrogens is 388 g/mol. The minimum atomic E-state index is -0.615. The number of phenols is 1. The number of hydrogen-bond acceptors (Lipinski definition) is 9. The quantitative estimate of drug-likeness (QED) is 0.335. The van der Waals surface area contributed by atoms with Crippen LogP contribution in [0, 0.1) is 0 Å². The molecule has 0 spiro atoms. The number of aromatic nitrogens is 5. The molecule has 2 heterocycles. The number of para-hydroxylation sites is 1. The number of carbonyl (C=O) groups excluding carboxylic acids is 1. The van der Waals surface area contributed by atoms with Gasteiger partial charge < -0.3 is 10.8 Å². The van der Waals surface area contributed by atoms with Crippen molar-refractivity contribution in [3.05, 3.63) is 65.9 Å². The Hall–Kier alpha value is -4.54. The van der Waals surface area contributed by atoms with E-state index >= 15 is 0 Å². The maximum absolute atomic E-state index is 13.0. The molecule has 0 aliphatic carbocycles. The lowest BCUT2D eigenvalue weighted by atomic mass is 10.1. The highest BCUT2D eigenvalue weighted by atomic mass is 16.6. The van der Waals surface area contributed by atoms with Crippen molar-refractivity contribution >= 4 is 17.4 Å². The molecule has 11 nitrogen and oxygen atoms in total. The summed E-state index contributed by atoms with van der Waals surface area (Å²) < 4.78 is 5.75. The van der Waals surface area contributed by atoms with Crippen molar-refractivity contribution in [2.45, 2.75) is 6.92 Å². The zero-order valence-electron chi connectivity index (χ0n) is 15.7. The van der Waals surface area contributed by atoms with Crippen LogP contribution in [0.5, 0.6) is 5.75 Å². The molecule has 30 heavy (non-hydrogen) atoms. The first-order valence-electron chi connectivity index (χ1n) is 8.78. The average molecular weight is 404 g/mol. The number of anilines is 1. The van der Waals surface area contributed by atoms with Crippen molar-refractivity contribution in [2.75, 3.05) is 5.73 Å². The second-order valence-corrected chi connectivity index (χ2v) is 6.19. The molecule has 0 radical (unpaired) electrons. The molecule has 0 aliphatic rings. The predicted molar refractivity (Wildman–Crippen MR) is 107 cm³/mol. The van der Waals surface area contributed by atoms with Gasteiger partial charge in [0.15, 0.2) is 5.69 Å². The first-order chi connectivity index (χ1) is 14.6. The maximum Gasteiger partial charge on any atom is 0.292 e. The van der Waals surface area contributed by atoms with Crippen LogP contribution in [0.15, 0.2) is 64.3 Å². The highest BCUT2D eigenvalue weighted by molar-refractivity contribution is 6.03. The molecule has 0 fully saturated rings. The number of hydrazone groups is 1. The van der Waals surface area contributed by atoms with Crippen molar-refractivity contribution in [2.24, 2.45) is 5.10 Å². The number of aromatic hydroxyl groups is 1. The summed E-state index contributed by atoms with van der Waals surface area (Å²) in [5, 5.41) is 29.4. The fourth-order valence-electron chi connectivity index (χ4n) is 2.79. The third-order valence-electron chi connectivity index (χ3n) is 4.25. The minimum Gasteiger partial charge on any atom is -0.507 e. The van der Waals surface area contributed by atoms with Crippen molar-refractivity contribution in [1.29, 1.82) is 0 Å². The number of benzene rings is 2. The summed E-state index contributed by atoms with van der Waals surface area (Å²) in [5.74, 6) is -0.596. The summed E-state index contributed by atoms with van der Waals surface area (Å²) in [7, 11) is 0. The molecule has 4 rings (SSSR count). The summed E-state index contributed by atoms with van der Waals surface area (Å²) >= 11 is 0. The van der Waals surface area contributed by atoms with E-state index in [1.54, 1.807) is 37.3 Å². The SMILES string of the molecule is C/C(=N/NC(=O)c1c(-c2ccccc2)nnn1-c1nonc1N)c1ccccc1O. The molecule has 150 valence electrons. The van der Waals surface area contributed by atoms with Crippen LogP contribution < -0.4 is 11.2 Å². The molecule has 0 unspecified atom stereocenters. The highest BCUT2D eigenvalue weighted by Crippen LogP contribution is 2.24. The number of rotatable bonds is 5. The zero-order chi connectivity index (χ0) is 21.1. The average Bonchev–Trinajstić information content (AvgIpc) is 3.38. The summed E-state index contributed by atoms with van der Waals surface area (Å²) in [4.78, 5) is 13.0. The smallest absolute Gasteiger partial charge is 0.292 e. The third kappa shape index (κ3) is 3.46. The maximum atomic E-state index is 13.0. The van der Waals surface area contributed by atoms with Gasteiger partial charge in [0.05, 0.1) is 5.71 Å². The van der Waals surface area contributed by atoms with Crippen LogP contribution >= 0.6 is 0 Å². The van der Waals surface area contributed by atoms with Gasteiger partial charge in [-0.3, -0.25) is 4.79 Å². The third-order valence-corrected chi connectivity index (χ3v) is 4.25. The zero-order valence-corrected chi connectivity index (χ0v) is 15.7. The lowest BCUT2D eigenvalue weighted by Gasteiger charge is -2.07. The minimum absolute atomic E-state index is 0.0243. The topological polar surface area (TPSA) is 157 Å². The number of phenolic OH excluding ortho intramolecular Hbond substituents is 1. The van der Waals surface area contributed by atoms with E-state index in [0.29, 0.717) is 22.5 Å². The van der Waals surface area contributed by atoms with E-state index < -0.39 is 5.91 Å². The predicted octanol–water partition coefficient (Wildman–Crippen LogP) is 1.76. The molecule has 1 amide bonds. The van der Waals surface area contributed by atoms with Gasteiger partial charge in [-0.25, -0.2) is 10.1 Å². The van der Waals surface area contributed by atoms with E-state index in [1.807, 2.05) is 18.2 Å². The lowest BCUT2D eigenvalue weighted by molar-refractivity contribution is 0.0947.